The largest absolute Gasteiger partial charge is 0.494 e. The van der Waals surface area contributed by atoms with E-state index in [4.69, 9.17) is 20.8 Å². The van der Waals surface area contributed by atoms with Crippen LogP contribution in [0, 0.1) is 0 Å². The lowest BCUT2D eigenvalue weighted by atomic mass is 10.0. The zero-order valence-electron chi connectivity index (χ0n) is 21.4. The first kappa shape index (κ1) is 26.5. The Morgan fingerprint density at radius 2 is 1.85 bits per heavy atom. The highest BCUT2D eigenvalue weighted by atomic mass is 35.5. The summed E-state index contributed by atoms with van der Waals surface area (Å²) in [5.74, 6) is 0.749. The maximum Gasteiger partial charge on any atom is 0.260 e. The molecule has 0 saturated heterocycles. The number of halogens is 1. The van der Waals surface area contributed by atoms with E-state index in [-0.39, 0.29) is 17.3 Å². The highest BCUT2D eigenvalue weighted by Crippen LogP contribution is 2.39. The van der Waals surface area contributed by atoms with Crippen molar-refractivity contribution in [1.82, 2.24) is 9.29 Å². The Kier molecular flexibility index (Phi) is 7.09. The lowest BCUT2D eigenvalue weighted by molar-refractivity contribution is 0.0983. The van der Waals surface area contributed by atoms with Crippen LogP contribution in [0.15, 0.2) is 88.4 Å². The van der Waals surface area contributed by atoms with Gasteiger partial charge in [-0.3, -0.25) is 9.69 Å². The van der Waals surface area contributed by atoms with Crippen LogP contribution in [0.2, 0.25) is 5.02 Å². The van der Waals surface area contributed by atoms with Crippen molar-refractivity contribution in [1.29, 1.82) is 0 Å². The van der Waals surface area contributed by atoms with Gasteiger partial charge in [0.15, 0.2) is 5.13 Å². The molecule has 0 saturated carbocycles. The number of nitrogens with zero attached hydrogens (tertiary/aromatic N) is 3. The number of furan rings is 1. The van der Waals surface area contributed by atoms with Crippen LogP contribution in [-0.4, -0.2) is 37.3 Å². The Labute approximate surface area is 240 Å². The summed E-state index contributed by atoms with van der Waals surface area (Å²) >= 11 is 7.69. The Morgan fingerprint density at radius 1 is 1.07 bits per heavy atom. The van der Waals surface area contributed by atoms with Crippen LogP contribution in [-0.2, 0) is 29.5 Å². The number of ether oxygens (including phenoxy) is 1. The van der Waals surface area contributed by atoms with Crippen LogP contribution in [0.4, 0.5) is 5.13 Å². The molecule has 5 aromatic rings. The van der Waals surface area contributed by atoms with E-state index >= 15 is 0 Å². The molecule has 0 atom stereocenters. The maximum atomic E-state index is 13.8. The van der Waals surface area contributed by atoms with Crippen molar-refractivity contribution >= 4 is 54.2 Å². The lowest BCUT2D eigenvalue weighted by Crippen LogP contribution is -2.36. The molecule has 8 nitrogen and oxygen atoms in total. The number of aromatic nitrogens is 1. The molecule has 2 aromatic heterocycles. The fourth-order valence-electron chi connectivity index (χ4n) is 4.76. The standard InChI is InChI=1S/C29H24ClN3O5S2/c1-37-25-13-12-24(30)27-26(25)31-29(39-27)33(18-22-7-4-16-38-22)28(34)20-8-10-23(11-9-20)40(35,36)32-15-14-19-5-2-3-6-21(19)17-32/h2-13,16H,14-15,17-18H2,1H3. The number of fused-ring (bicyclic) bond motifs is 2. The van der Waals surface area contributed by atoms with E-state index < -0.39 is 10.0 Å². The van der Waals surface area contributed by atoms with E-state index in [1.165, 1.54) is 56.6 Å². The van der Waals surface area contributed by atoms with Gasteiger partial charge in [0.1, 0.15) is 17.0 Å². The molecule has 1 amide bonds. The van der Waals surface area contributed by atoms with Gasteiger partial charge in [0.25, 0.3) is 5.91 Å². The minimum Gasteiger partial charge on any atom is -0.494 e. The summed E-state index contributed by atoms with van der Waals surface area (Å²) in [7, 11) is -2.19. The number of sulfonamides is 1. The molecular weight excluding hydrogens is 570 g/mol. The molecule has 204 valence electrons. The normalized spacial score (nSPS) is 13.8. The molecule has 0 bridgehead atoms. The van der Waals surface area contributed by atoms with Gasteiger partial charge < -0.3 is 9.15 Å². The van der Waals surface area contributed by atoms with Crippen LogP contribution >= 0.6 is 22.9 Å². The molecule has 0 radical (unpaired) electrons. The summed E-state index contributed by atoms with van der Waals surface area (Å²) in [5, 5.41) is 0.909. The third kappa shape index (κ3) is 4.88. The number of thiazole rings is 1. The van der Waals surface area contributed by atoms with Gasteiger partial charge >= 0.3 is 0 Å². The van der Waals surface area contributed by atoms with E-state index in [1.807, 2.05) is 24.3 Å². The number of amides is 1. The van der Waals surface area contributed by atoms with Gasteiger partial charge in [0.05, 0.1) is 34.5 Å². The summed E-state index contributed by atoms with van der Waals surface area (Å²) in [6, 6.07) is 20.9. The Morgan fingerprint density at radius 3 is 2.58 bits per heavy atom. The third-order valence-electron chi connectivity index (χ3n) is 6.87. The molecule has 6 rings (SSSR count). The molecule has 11 heteroatoms. The first-order valence-electron chi connectivity index (χ1n) is 12.5. The quantitative estimate of drug-likeness (QED) is 0.225. The Bertz CT molecular complexity index is 1800. The second kappa shape index (κ2) is 10.7. The van der Waals surface area contributed by atoms with Crippen LogP contribution in [0.1, 0.15) is 27.2 Å². The number of hydrogen-bond acceptors (Lipinski definition) is 7. The molecule has 1 aliphatic rings. The first-order chi connectivity index (χ1) is 19.3. The Hall–Kier alpha value is -3.70. The summed E-state index contributed by atoms with van der Waals surface area (Å²) in [4.78, 5) is 20.1. The molecule has 0 aliphatic carbocycles. The minimum absolute atomic E-state index is 0.124. The monoisotopic (exact) mass is 593 g/mol. The number of carbonyl (C=O) groups excluding carboxylic acids is 1. The third-order valence-corrected chi connectivity index (χ3v) is 10.3. The fraction of sp³-hybridized carbons (Fsp3) is 0.172. The van der Waals surface area contributed by atoms with Crippen LogP contribution in [0.25, 0.3) is 10.2 Å². The van der Waals surface area contributed by atoms with Crippen molar-refractivity contribution in [3.63, 3.8) is 0 Å². The SMILES string of the molecule is COc1ccc(Cl)c2sc(N(Cc3ccco3)C(=O)c3ccc(S(=O)(=O)N4CCc5ccccc5C4)cc3)nc12. The van der Waals surface area contributed by atoms with Gasteiger partial charge in [-0.25, -0.2) is 13.4 Å². The summed E-state index contributed by atoms with van der Waals surface area (Å²) in [6.45, 7) is 0.846. The van der Waals surface area contributed by atoms with Gasteiger partial charge in [-0.15, -0.1) is 0 Å². The van der Waals surface area contributed by atoms with Crippen LogP contribution < -0.4 is 9.64 Å². The number of carbonyl (C=O) groups is 1. The van der Waals surface area contributed by atoms with Crippen molar-refractivity contribution in [3.8, 4) is 5.75 Å². The van der Waals surface area contributed by atoms with Gasteiger partial charge in [-0.1, -0.05) is 47.2 Å². The average molecular weight is 594 g/mol. The van der Waals surface area contributed by atoms with Gasteiger partial charge in [-0.2, -0.15) is 4.31 Å². The predicted octanol–water partition coefficient (Wildman–Crippen LogP) is 6.15. The minimum atomic E-state index is -3.74. The van der Waals surface area contributed by atoms with Gasteiger partial charge in [-0.05, 0) is 66.1 Å². The molecule has 40 heavy (non-hydrogen) atoms. The van der Waals surface area contributed by atoms with Gasteiger partial charge in [0, 0.05) is 18.7 Å². The number of anilines is 1. The van der Waals surface area contributed by atoms with Crippen molar-refractivity contribution in [2.75, 3.05) is 18.6 Å². The first-order valence-corrected chi connectivity index (χ1v) is 15.1. The van der Waals surface area contributed by atoms with Crippen LogP contribution in [0.5, 0.6) is 5.75 Å². The van der Waals surface area contributed by atoms with E-state index in [9.17, 15) is 13.2 Å². The topological polar surface area (TPSA) is 92.9 Å². The number of benzene rings is 3. The fourth-order valence-corrected chi connectivity index (χ4v) is 7.43. The maximum absolute atomic E-state index is 13.8. The van der Waals surface area contributed by atoms with Crippen molar-refractivity contribution in [3.05, 3.63) is 107 Å². The molecule has 0 spiro atoms. The zero-order chi connectivity index (χ0) is 27.9. The summed E-state index contributed by atoms with van der Waals surface area (Å²) < 4.78 is 40.0. The summed E-state index contributed by atoms with van der Waals surface area (Å²) in [6.07, 6.45) is 2.19. The second-order valence-electron chi connectivity index (χ2n) is 9.28. The van der Waals surface area contributed by atoms with E-state index in [0.717, 1.165) is 5.56 Å². The van der Waals surface area contributed by atoms with Crippen LogP contribution in [0.3, 0.4) is 0 Å². The average Bonchev–Trinajstić information content (AvgIpc) is 3.66. The van der Waals surface area contributed by atoms with Crippen molar-refractivity contribution < 1.29 is 22.4 Å². The highest BCUT2D eigenvalue weighted by Gasteiger charge is 2.29. The van der Waals surface area contributed by atoms with E-state index in [0.29, 0.717) is 57.0 Å². The molecule has 0 N–H and O–H groups in total. The molecule has 3 heterocycles. The number of hydrogen-bond donors (Lipinski definition) is 0. The van der Waals surface area contributed by atoms with Crippen molar-refractivity contribution in [2.24, 2.45) is 0 Å². The molecule has 1 aliphatic heterocycles. The smallest absolute Gasteiger partial charge is 0.260 e. The van der Waals surface area contributed by atoms with E-state index in [1.54, 1.807) is 31.4 Å². The number of methoxy groups -OCH3 is 1. The molecule has 0 fully saturated rings. The predicted molar refractivity (Wildman–Crippen MR) is 155 cm³/mol. The second-order valence-corrected chi connectivity index (χ2v) is 12.6. The zero-order valence-corrected chi connectivity index (χ0v) is 23.8. The van der Waals surface area contributed by atoms with E-state index in [2.05, 4.69) is 4.98 Å². The lowest BCUT2D eigenvalue weighted by Gasteiger charge is -2.28. The summed E-state index contributed by atoms with van der Waals surface area (Å²) in [5.41, 5.74) is 3.04. The number of rotatable bonds is 7. The van der Waals surface area contributed by atoms with Gasteiger partial charge in [0.2, 0.25) is 10.0 Å². The molecular formula is C29H24ClN3O5S2. The molecule has 3 aromatic carbocycles. The molecule has 0 unspecified atom stereocenters. The van der Waals surface area contributed by atoms with Crippen molar-refractivity contribution in [2.45, 2.75) is 24.4 Å². The Balaban J connectivity index is 1.31. The highest BCUT2D eigenvalue weighted by molar-refractivity contribution is 7.89.